The fourth-order valence-electron chi connectivity index (χ4n) is 2.32. The summed E-state index contributed by atoms with van der Waals surface area (Å²) in [7, 11) is 0. The van der Waals surface area contributed by atoms with Gasteiger partial charge in [-0.1, -0.05) is 18.2 Å². The van der Waals surface area contributed by atoms with E-state index in [-0.39, 0.29) is 12.3 Å². The Labute approximate surface area is 124 Å². The standard InChI is InChI=1S/C15H11N5O2/c21-15-11-7-19-20(14(11)17-8-18-15)9-22-12-5-1-3-10-4-2-6-16-13(10)12/h1-8H,9H2,(H,17,18,21). The molecule has 0 aliphatic rings. The number of hydrogen-bond acceptors (Lipinski definition) is 5. The molecule has 0 atom stereocenters. The SMILES string of the molecule is O=c1[nH]cnc2c1cnn2COc1cccc2cccnc12. The van der Waals surface area contributed by atoms with E-state index in [9.17, 15) is 4.79 Å². The number of aromatic nitrogens is 5. The van der Waals surface area contributed by atoms with E-state index in [4.69, 9.17) is 4.74 Å². The van der Waals surface area contributed by atoms with E-state index in [1.165, 1.54) is 17.2 Å². The maximum Gasteiger partial charge on any atom is 0.261 e. The Morgan fingerprint density at radius 2 is 2.09 bits per heavy atom. The lowest BCUT2D eigenvalue weighted by atomic mass is 10.2. The number of fused-ring (bicyclic) bond motifs is 2. The van der Waals surface area contributed by atoms with Crippen molar-refractivity contribution in [3.63, 3.8) is 0 Å². The van der Waals surface area contributed by atoms with Crippen molar-refractivity contribution in [3.05, 3.63) is 59.4 Å². The van der Waals surface area contributed by atoms with Gasteiger partial charge < -0.3 is 9.72 Å². The average Bonchev–Trinajstić information content (AvgIpc) is 2.97. The summed E-state index contributed by atoms with van der Waals surface area (Å²) in [6.45, 7) is 0.148. The molecular weight excluding hydrogens is 282 g/mol. The van der Waals surface area contributed by atoms with Gasteiger partial charge in [-0.25, -0.2) is 9.67 Å². The number of hydrogen-bond donors (Lipinski definition) is 1. The first-order chi connectivity index (χ1) is 10.8. The van der Waals surface area contributed by atoms with Gasteiger partial charge in [0.25, 0.3) is 5.56 Å². The van der Waals surface area contributed by atoms with Gasteiger partial charge in [0.15, 0.2) is 12.4 Å². The highest BCUT2D eigenvalue weighted by molar-refractivity contribution is 5.84. The number of H-pyrrole nitrogens is 1. The van der Waals surface area contributed by atoms with Gasteiger partial charge in [-0.3, -0.25) is 9.78 Å². The molecule has 0 saturated carbocycles. The van der Waals surface area contributed by atoms with Crippen molar-refractivity contribution in [2.75, 3.05) is 0 Å². The van der Waals surface area contributed by atoms with Crippen LogP contribution in [0.2, 0.25) is 0 Å². The second-order valence-corrected chi connectivity index (χ2v) is 4.72. The number of nitrogens with zero attached hydrogens (tertiary/aromatic N) is 4. The molecule has 0 aliphatic heterocycles. The van der Waals surface area contributed by atoms with Crippen LogP contribution in [0.3, 0.4) is 0 Å². The summed E-state index contributed by atoms with van der Waals surface area (Å²) in [5, 5.41) is 5.57. The van der Waals surface area contributed by atoms with E-state index in [0.717, 1.165) is 10.9 Å². The van der Waals surface area contributed by atoms with E-state index in [1.54, 1.807) is 6.20 Å². The third-order valence-electron chi connectivity index (χ3n) is 3.38. The summed E-state index contributed by atoms with van der Waals surface area (Å²) in [5.74, 6) is 0.659. The second kappa shape index (κ2) is 4.96. The Kier molecular flexibility index (Phi) is 2.82. The Balaban J connectivity index is 1.69. The molecule has 0 saturated heterocycles. The normalized spacial score (nSPS) is 11.1. The van der Waals surface area contributed by atoms with Gasteiger partial charge in [-0.05, 0) is 12.1 Å². The van der Waals surface area contributed by atoms with Crippen LogP contribution >= 0.6 is 0 Å². The monoisotopic (exact) mass is 293 g/mol. The Morgan fingerprint density at radius 3 is 3.05 bits per heavy atom. The predicted octanol–water partition coefficient (Wildman–Crippen LogP) is 1.70. The van der Waals surface area contributed by atoms with Gasteiger partial charge in [-0.2, -0.15) is 5.10 Å². The Hall–Kier alpha value is -3.22. The molecule has 7 nitrogen and oxygen atoms in total. The third-order valence-corrected chi connectivity index (χ3v) is 3.38. The summed E-state index contributed by atoms with van der Waals surface area (Å²) >= 11 is 0. The van der Waals surface area contributed by atoms with Crippen LogP contribution in [-0.4, -0.2) is 24.7 Å². The second-order valence-electron chi connectivity index (χ2n) is 4.72. The zero-order valence-electron chi connectivity index (χ0n) is 11.4. The van der Waals surface area contributed by atoms with Crippen molar-refractivity contribution in [1.29, 1.82) is 0 Å². The van der Waals surface area contributed by atoms with E-state index in [0.29, 0.717) is 16.8 Å². The van der Waals surface area contributed by atoms with Crippen molar-refractivity contribution >= 4 is 21.9 Å². The average molecular weight is 293 g/mol. The summed E-state index contributed by atoms with van der Waals surface area (Å²) < 4.78 is 7.33. The first kappa shape index (κ1) is 12.5. The van der Waals surface area contributed by atoms with E-state index < -0.39 is 0 Å². The lowest BCUT2D eigenvalue weighted by Crippen LogP contribution is -2.10. The fourth-order valence-corrected chi connectivity index (χ4v) is 2.32. The smallest absolute Gasteiger partial charge is 0.261 e. The summed E-state index contributed by atoms with van der Waals surface area (Å²) in [6, 6.07) is 9.58. The van der Waals surface area contributed by atoms with Crippen LogP contribution in [0.25, 0.3) is 21.9 Å². The minimum absolute atomic E-state index is 0.148. The van der Waals surface area contributed by atoms with Crippen LogP contribution in [0.5, 0.6) is 5.75 Å². The molecule has 0 aliphatic carbocycles. The number of para-hydroxylation sites is 1. The molecule has 4 aromatic rings. The lowest BCUT2D eigenvalue weighted by Gasteiger charge is -2.08. The summed E-state index contributed by atoms with van der Waals surface area (Å²) in [6.07, 6.45) is 4.55. The van der Waals surface area contributed by atoms with Crippen LogP contribution in [0.15, 0.2) is 53.8 Å². The van der Waals surface area contributed by atoms with E-state index in [1.807, 2.05) is 30.3 Å². The maximum absolute atomic E-state index is 11.6. The first-order valence-electron chi connectivity index (χ1n) is 6.69. The summed E-state index contributed by atoms with van der Waals surface area (Å²) in [5.41, 5.74) is 1.05. The van der Waals surface area contributed by atoms with Gasteiger partial charge in [0.1, 0.15) is 16.7 Å². The highest BCUT2D eigenvalue weighted by Gasteiger charge is 2.08. The van der Waals surface area contributed by atoms with Gasteiger partial charge in [0.2, 0.25) is 0 Å². The van der Waals surface area contributed by atoms with Crippen molar-refractivity contribution in [1.82, 2.24) is 24.7 Å². The van der Waals surface area contributed by atoms with E-state index >= 15 is 0 Å². The largest absolute Gasteiger partial charge is 0.469 e. The number of aromatic amines is 1. The van der Waals surface area contributed by atoms with Gasteiger partial charge in [0, 0.05) is 11.6 Å². The lowest BCUT2D eigenvalue weighted by molar-refractivity contribution is 0.228. The van der Waals surface area contributed by atoms with E-state index in [2.05, 4.69) is 20.1 Å². The molecule has 0 bridgehead atoms. The number of benzene rings is 1. The zero-order chi connectivity index (χ0) is 14.9. The van der Waals surface area contributed by atoms with Gasteiger partial charge in [0.05, 0.1) is 12.5 Å². The Bertz CT molecular complexity index is 1020. The van der Waals surface area contributed by atoms with Crippen molar-refractivity contribution < 1.29 is 4.74 Å². The molecule has 0 spiro atoms. The molecule has 22 heavy (non-hydrogen) atoms. The highest BCUT2D eigenvalue weighted by atomic mass is 16.5. The van der Waals surface area contributed by atoms with Gasteiger partial charge in [-0.15, -0.1) is 0 Å². The highest BCUT2D eigenvalue weighted by Crippen LogP contribution is 2.23. The molecule has 1 aromatic carbocycles. The molecule has 0 unspecified atom stereocenters. The number of ether oxygens (including phenoxy) is 1. The van der Waals surface area contributed by atoms with Crippen LogP contribution < -0.4 is 10.3 Å². The van der Waals surface area contributed by atoms with Crippen LogP contribution in [0.1, 0.15) is 0 Å². The molecule has 0 radical (unpaired) electrons. The molecule has 108 valence electrons. The first-order valence-corrected chi connectivity index (χ1v) is 6.69. The summed E-state index contributed by atoms with van der Waals surface area (Å²) in [4.78, 5) is 22.6. The Morgan fingerprint density at radius 1 is 1.18 bits per heavy atom. The molecule has 1 N–H and O–H groups in total. The molecule has 3 heterocycles. The molecular formula is C15H11N5O2. The zero-order valence-corrected chi connectivity index (χ0v) is 11.4. The topological polar surface area (TPSA) is 85.7 Å². The van der Waals surface area contributed by atoms with Crippen LogP contribution in [0, 0.1) is 0 Å². The minimum atomic E-state index is -0.219. The predicted molar refractivity (Wildman–Crippen MR) is 80.5 cm³/mol. The van der Waals surface area contributed by atoms with Crippen LogP contribution in [0.4, 0.5) is 0 Å². The van der Waals surface area contributed by atoms with Gasteiger partial charge >= 0.3 is 0 Å². The molecule has 4 rings (SSSR count). The molecule has 3 aromatic heterocycles. The number of nitrogens with one attached hydrogen (secondary N) is 1. The molecule has 0 fully saturated rings. The molecule has 7 heteroatoms. The number of rotatable bonds is 3. The molecule has 0 amide bonds. The van der Waals surface area contributed by atoms with Crippen molar-refractivity contribution in [2.45, 2.75) is 6.73 Å². The maximum atomic E-state index is 11.6. The van der Waals surface area contributed by atoms with Crippen molar-refractivity contribution in [3.8, 4) is 5.75 Å². The minimum Gasteiger partial charge on any atom is -0.469 e. The number of pyridine rings is 1. The quantitative estimate of drug-likeness (QED) is 0.621. The van der Waals surface area contributed by atoms with Crippen LogP contribution in [-0.2, 0) is 6.73 Å². The third kappa shape index (κ3) is 1.99. The van der Waals surface area contributed by atoms with Crippen molar-refractivity contribution in [2.24, 2.45) is 0 Å². The fraction of sp³-hybridized carbons (Fsp3) is 0.0667.